The fourth-order valence-corrected chi connectivity index (χ4v) is 4.46. The van der Waals surface area contributed by atoms with Crippen LogP contribution in [0.1, 0.15) is 17.5 Å². The highest BCUT2D eigenvalue weighted by atomic mass is 16.5. The molecule has 1 aromatic heterocycles. The molecular weight excluding hydrogens is 354 g/mol. The van der Waals surface area contributed by atoms with E-state index in [0.717, 1.165) is 57.1 Å². The Kier molecular flexibility index (Phi) is 5.92. The summed E-state index contributed by atoms with van der Waals surface area (Å²) in [6, 6.07) is 14.2. The lowest BCUT2D eigenvalue weighted by Crippen LogP contribution is -2.62. The van der Waals surface area contributed by atoms with Crippen LogP contribution in [0.4, 0.5) is 0 Å². The Morgan fingerprint density at radius 3 is 2.68 bits per heavy atom. The van der Waals surface area contributed by atoms with Crippen LogP contribution in [0.2, 0.25) is 0 Å². The Hall–Kier alpha value is -1.99. The van der Waals surface area contributed by atoms with Crippen molar-refractivity contribution in [3.8, 4) is 5.88 Å². The zero-order chi connectivity index (χ0) is 19.4. The van der Waals surface area contributed by atoms with Crippen molar-refractivity contribution in [3.05, 3.63) is 59.8 Å². The maximum absolute atomic E-state index is 11.8. The Balaban J connectivity index is 1.58. The van der Waals surface area contributed by atoms with E-state index in [0.29, 0.717) is 12.3 Å². The standard InChI is InChI=1S/C22H29N3O3/c1-27-21-18(6-5-10-23-21)16-24-11-9-22(26,19-7-3-2-4-8-19)20(17-24)25-12-14-28-15-13-25/h2-8,10,20,26H,9,11-17H2,1H3/t20-,22+/m1/s1. The summed E-state index contributed by atoms with van der Waals surface area (Å²) in [5, 5.41) is 11.8. The molecule has 3 heterocycles. The maximum atomic E-state index is 11.8. The van der Waals surface area contributed by atoms with E-state index < -0.39 is 5.60 Å². The molecule has 0 spiro atoms. The number of methoxy groups -OCH3 is 1. The average Bonchev–Trinajstić information content (AvgIpc) is 2.77. The van der Waals surface area contributed by atoms with Gasteiger partial charge in [-0.3, -0.25) is 9.80 Å². The van der Waals surface area contributed by atoms with Crippen LogP contribution in [0.25, 0.3) is 0 Å². The number of hydrogen-bond acceptors (Lipinski definition) is 6. The molecule has 6 nitrogen and oxygen atoms in total. The van der Waals surface area contributed by atoms with E-state index in [9.17, 15) is 5.11 Å². The lowest BCUT2D eigenvalue weighted by atomic mass is 9.79. The van der Waals surface area contributed by atoms with Gasteiger partial charge >= 0.3 is 0 Å². The molecule has 0 amide bonds. The smallest absolute Gasteiger partial charge is 0.217 e. The number of pyridine rings is 1. The number of aromatic nitrogens is 1. The van der Waals surface area contributed by atoms with Crippen LogP contribution in [0, 0.1) is 0 Å². The Morgan fingerprint density at radius 1 is 1.14 bits per heavy atom. The third kappa shape index (κ3) is 3.91. The first-order valence-electron chi connectivity index (χ1n) is 10.0. The Labute approximate surface area is 166 Å². The fraction of sp³-hybridized carbons (Fsp3) is 0.500. The second-order valence-electron chi connectivity index (χ2n) is 7.61. The third-order valence-corrected chi connectivity index (χ3v) is 5.99. The topological polar surface area (TPSA) is 58.1 Å². The predicted octanol–water partition coefficient (Wildman–Crippen LogP) is 1.88. The average molecular weight is 383 g/mol. The lowest BCUT2D eigenvalue weighted by Gasteiger charge is -2.50. The van der Waals surface area contributed by atoms with E-state index in [1.54, 1.807) is 13.3 Å². The first-order valence-corrected chi connectivity index (χ1v) is 10.0. The summed E-state index contributed by atoms with van der Waals surface area (Å²) in [7, 11) is 1.66. The third-order valence-electron chi connectivity index (χ3n) is 5.99. The summed E-state index contributed by atoms with van der Waals surface area (Å²) in [5.74, 6) is 0.675. The zero-order valence-electron chi connectivity index (χ0n) is 16.5. The molecule has 2 aliphatic heterocycles. The molecule has 28 heavy (non-hydrogen) atoms. The maximum Gasteiger partial charge on any atom is 0.217 e. The number of morpholine rings is 1. The zero-order valence-corrected chi connectivity index (χ0v) is 16.5. The molecule has 150 valence electrons. The largest absolute Gasteiger partial charge is 0.481 e. The number of hydrogen-bond donors (Lipinski definition) is 1. The van der Waals surface area contributed by atoms with E-state index in [1.165, 1.54) is 0 Å². The van der Waals surface area contributed by atoms with Gasteiger partial charge in [0.15, 0.2) is 0 Å². The van der Waals surface area contributed by atoms with Gasteiger partial charge in [0, 0.05) is 44.5 Å². The minimum absolute atomic E-state index is 0.0233. The van der Waals surface area contributed by atoms with Crippen LogP contribution in [0.15, 0.2) is 48.7 Å². The van der Waals surface area contributed by atoms with E-state index >= 15 is 0 Å². The quantitative estimate of drug-likeness (QED) is 0.851. The molecule has 1 aromatic carbocycles. The van der Waals surface area contributed by atoms with Crippen LogP contribution >= 0.6 is 0 Å². The number of piperidine rings is 1. The van der Waals surface area contributed by atoms with E-state index in [-0.39, 0.29) is 6.04 Å². The molecule has 6 heteroatoms. The van der Waals surface area contributed by atoms with Gasteiger partial charge < -0.3 is 14.6 Å². The van der Waals surface area contributed by atoms with Crippen molar-refractivity contribution in [2.24, 2.45) is 0 Å². The van der Waals surface area contributed by atoms with E-state index in [2.05, 4.69) is 20.9 Å². The van der Waals surface area contributed by atoms with Gasteiger partial charge in [0.2, 0.25) is 5.88 Å². The van der Waals surface area contributed by atoms with Gasteiger partial charge in [-0.05, 0) is 18.1 Å². The second-order valence-corrected chi connectivity index (χ2v) is 7.61. The summed E-state index contributed by atoms with van der Waals surface area (Å²) >= 11 is 0. The molecule has 1 N–H and O–H groups in total. The molecular formula is C22H29N3O3. The molecule has 0 bridgehead atoms. The van der Waals surface area contributed by atoms with Crippen LogP contribution < -0.4 is 4.74 Å². The molecule has 0 unspecified atom stereocenters. The highest BCUT2D eigenvalue weighted by Crippen LogP contribution is 2.37. The summed E-state index contributed by atoms with van der Waals surface area (Å²) in [4.78, 5) is 9.11. The van der Waals surface area contributed by atoms with Gasteiger partial charge in [-0.15, -0.1) is 0 Å². The van der Waals surface area contributed by atoms with E-state index in [1.807, 2.05) is 36.4 Å². The molecule has 2 saturated heterocycles. The van der Waals surface area contributed by atoms with Crippen LogP contribution in [-0.2, 0) is 16.9 Å². The summed E-state index contributed by atoms with van der Waals surface area (Å²) in [6.07, 6.45) is 2.45. The number of aliphatic hydroxyl groups is 1. The Bertz CT molecular complexity index is 767. The summed E-state index contributed by atoms with van der Waals surface area (Å²) in [5.41, 5.74) is 1.23. The molecule has 2 atom stereocenters. The summed E-state index contributed by atoms with van der Waals surface area (Å²) in [6.45, 7) is 5.53. The van der Waals surface area contributed by atoms with Crippen molar-refractivity contribution < 1.29 is 14.6 Å². The fourth-order valence-electron chi connectivity index (χ4n) is 4.46. The number of nitrogens with zero attached hydrogens (tertiary/aromatic N) is 3. The Morgan fingerprint density at radius 2 is 1.93 bits per heavy atom. The van der Waals surface area contributed by atoms with Gasteiger partial charge in [-0.1, -0.05) is 36.4 Å². The minimum Gasteiger partial charge on any atom is -0.481 e. The predicted molar refractivity (Wildman–Crippen MR) is 107 cm³/mol. The lowest BCUT2D eigenvalue weighted by molar-refractivity contribution is -0.119. The van der Waals surface area contributed by atoms with Crippen LogP contribution in [-0.4, -0.2) is 72.4 Å². The van der Waals surface area contributed by atoms with Crippen molar-refractivity contribution in [1.29, 1.82) is 0 Å². The molecule has 0 radical (unpaired) electrons. The van der Waals surface area contributed by atoms with Gasteiger partial charge in [0.25, 0.3) is 0 Å². The van der Waals surface area contributed by atoms with Gasteiger partial charge in [-0.2, -0.15) is 0 Å². The SMILES string of the molecule is COc1ncccc1CN1CC[C@](O)(c2ccccc2)[C@H](N2CCOCC2)C1. The molecule has 2 fully saturated rings. The van der Waals surface area contributed by atoms with E-state index in [4.69, 9.17) is 9.47 Å². The van der Waals surface area contributed by atoms with Crippen LogP contribution in [0.3, 0.4) is 0 Å². The van der Waals surface area contributed by atoms with Crippen molar-refractivity contribution >= 4 is 0 Å². The number of benzene rings is 1. The van der Waals surface area contributed by atoms with Gasteiger partial charge in [-0.25, -0.2) is 4.98 Å². The number of rotatable bonds is 5. The van der Waals surface area contributed by atoms with Crippen molar-refractivity contribution in [3.63, 3.8) is 0 Å². The van der Waals surface area contributed by atoms with Gasteiger partial charge in [0.1, 0.15) is 5.60 Å². The molecule has 2 aromatic rings. The van der Waals surface area contributed by atoms with Crippen LogP contribution in [0.5, 0.6) is 5.88 Å². The molecule has 0 saturated carbocycles. The normalized spacial score (nSPS) is 26.9. The summed E-state index contributed by atoms with van der Waals surface area (Å²) < 4.78 is 11.0. The second kappa shape index (κ2) is 8.57. The van der Waals surface area contributed by atoms with Crippen molar-refractivity contribution in [2.45, 2.75) is 24.6 Å². The highest BCUT2D eigenvalue weighted by Gasteiger charge is 2.46. The molecule has 0 aliphatic carbocycles. The first-order chi connectivity index (χ1) is 13.7. The monoisotopic (exact) mass is 383 g/mol. The molecule has 2 aliphatic rings. The van der Waals surface area contributed by atoms with Crippen molar-refractivity contribution in [1.82, 2.24) is 14.8 Å². The minimum atomic E-state index is -0.853. The highest BCUT2D eigenvalue weighted by molar-refractivity contribution is 5.28. The van der Waals surface area contributed by atoms with Gasteiger partial charge in [0.05, 0.1) is 26.4 Å². The number of likely N-dealkylation sites (tertiary alicyclic amines) is 1. The van der Waals surface area contributed by atoms with Crippen molar-refractivity contribution in [2.75, 3.05) is 46.5 Å². The first kappa shape index (κ1) is 19.3. The number of ether oxygens (including phenoxy) is 2. The molecule has 4 rings (SSSR count).